The maximum Gasteiger partial charge on any atom is 0.319 e. The number of nitrogens with zero attached hydrogens (tertiary/aromatic N) is 1. The van der Waals surface area contributed by atoms with E-state index in [1.54, 1.807) is 18.2 Å². The lowest BCUT2D eigenvalue weighted by atomic mass is 10.2. The van der Waals surface area contributed by atoms with E-state index in [0.717, 1.165) is 4.88 Å². The summed E-state index contributed by atoms with van der Waals surface area (Å²) in [6, 6.07) is 6.41. The molecule has 0 unspecified atom stereocenters. The van der Waals surface area contributed by atoms with Crippen molar-refractivity contribution in [2.24, 2.45) is 0 Å². The number of carboxylic acids is 1. The Hall–Kier alpha value is -2.12. The third-order valence-electron chi connectivity index (χ3n) is 2.47. The molecule has 6 nitrogen and oxygen atoms in total. The van der Waals surface area contributed by atoms with Crippen LogP contribution in [0.5, 0.6) is 0 Å². The SMILES string of the molecule is O=C(O)Cc1ccc(NC(=O)NCc2ccc(Cl)s2)cn1. The predicted molar refractivity (Wildman–Crippen MR) is 80.8 cm³/mol. The normalized spacial score (nSPS) is 10.1. The quantitative estimate of drug-likeness (QED) is 0.788. The zero-order valence-corrected chi connectivity index (χ0v) is 12.4. The topological polar surface area (TPSA) is 91.3 Å². The van der Waals surface area contributed by atoms with Crippen molar-refractivity contribution in [3.63, 3.8) is 0 Å². The van der Waals surface area contributed by atoms with Crippen LogP contribution in [0, 0.1) is 0 Å². The van der Waals surface area contributed by atoms with Crippen LogP contribution in [-0.4, -0.2) is 22.1 Å². The van der Waals surface area contributed by atoms with E-state index in [-0.39, 0.29) is 12.5 Å². The van der Waals surface area contributed by atoms with Crippen molar-refractivity contribution < 1.29 is 14.7 Å². The number of amides is 2. The number of carbonyl (C=O) groups is 2. The first kappa shape index (κ1) is 15.3. The highest BCUT2D eigenvalue weighted by Gasteiger charge is 2.05. The first-order valence-electron chi connectivity index (χ1n) is 5.99. The highest BCUT2D eigenvalue weighted by atomic mass is 35.5. The summed E-state index contributed by atoms with van der Waals surface area (Å²) in [7, 11) is 0. The molecule has 2 rings (SSSR count). The molecule has 0 atom stereocenters. The van der Waals surface area contributed by atoms with Crippen LogP contribution < -0.4 is 10.6 Å². The Balaban J connectivity index is 1.83. The average Bonchev–Trinajstić information content (AvgIpc) is 2.84. The lowest BCUT2D eigenvalue weighted by molar-refractivity contribution is -0.136. The minimum atomic E-state index is -0.949. The first-order chi connectivity index (χ1) is 10.0. The lowest BCUT2D eigenvalue weighted by Gasteiger charge is -2.06. The number of carbonyl (C=O) groups excluding carboxylic acids is 1. The average molecular weight is 326 g/mol. The van der Waals surface area contributed by atoms with Gasteiger partial charge in [-0.15, -0.1) is 11.3 Å². The molecule has 110 valence electrons. The highest BCUT2D eigenvalue weighted by Crippen LogP contribution is 2.21. The van der Waals surface area contributed by atoms with Gasteiger partial charge in [-0.3, -0.25) is 9.78 Å². The molecular weight excluding hydrogens is 314 g/mol. The number of pyridine rings is 1. The number of anilines is 1. The fourth-order valence-corrected chi connectivity index (χ4v) is 2.57. The van der Waals surface area contributed by atoms with Gasteiger partial charge in [0.25, 0.3) is 0 Å². The summed E-state index contributed by atoms with van der Waals surface area (Å²) in [4.78, 5) is 27.1. The van der Waals surface area contributed by atoms with Gasteiger partial charge in [-0.1, -0.05) is 11.6 Å². The molecule has 0 aliphatic carbocycles. The van der Waals surface area contributed by atoms with Gasteiger partial charge in [-0.25, -0.2) is 4.79 Å². The minimum absolute atomic E-state index is 0.147. The van der Waals surface area contributed by atoms with Gasteiger partial charge in [0.05, 0.1) is 34.9 Å². The molecule has 2 heterocycles. The summed E-state index contributed by atoms with van der Waals surface area (Å²) >= 11 is 7.20. The second-order valence-electron chi connectivity index (χ2n) is 4.12. The van der Waals surface area contributed by atoms with Crippen molar-refractivity contribution in [1.82, 2.24) is 10.3 Å². The van der Waals surface area contributed by atoms with Gasteiger partial charge in [0.1, 0.15) is 0 Å². The molecular formula is C13H12ClN3O3S. The Bertz CT molecular complexity index is 642. The first-order valence-corrected chi connectivity index (χ1v) is 7.18. The standard InChI is InChI=1S/C13H12ClN3O3S/c14-11-4-3-10(21-11)7-16-13(20)17-9-2-1-8(15-6-9)5-12(18)19/h1-4,6H,5,7H2,(H,18,19)(H2,16,17,20). The number of aromatic nitrogens is 1. The molecule has 8 heteroatoms. The second-order valence-corrected chi connectivity index (χ2v) is 5.92. The summed E-state index contributed by atoms with van der Waals surface area (Å²) in [6.07, 6.45) is 1.27. The van der Waals surface area contributed by atoms with Gasteiger partial charge in [-0.05, 0) is 24.3 Å². The second kappa shape index (κ2) is 7.05. The fourth-order valence-electron chi connectivity index (χ4n) is 1.55. The van der Waals surface area contributed by atoms with E-state index in [4.69, 9.17) is 16.7 Å². The maximum atomic E-state index is 11.7. The summed E-state index contributed by atoms with van der Waals surface area (Å²) in [5.41, 5.74) is 0.924. The van der Waals surface area contributed by atoms with Crippen molar-refractivity contribution in [2.45, 2.75) is 13.0 Å². The largest absolute Gasteiger partial charge is 0.481 e. The van der Waals surface area contributed by atoms with E-state index in [1.807, 2.05) is 6.07 Å². The number of rotatable bonds is 5. The van der Waals surface area contributed by atoms with Crippen molar-refractivity contribution >= 4 is 40.6 Å². The summed E-state index contributed by atoms with van der Waals surface area (Å²) < 4.78 is 0.672. The van der Waals surface area contributed by atoms with E-state index in [0.29, 0.717) is 22.3 Å². The molecule has 2 aromatic heterocycles. The maximum absolute atomic E-state index is 11.7. The fraction of sp³-hybridized carbons (Fsp3) is 0.154. The van der Waals surface area contributed by atoms with Gasteiger partial charge in [0.2, 0.25) is 0 Å². The molecule has 0 fully saturated rings. The molecule has 0 bridgehead atoms. The van der Waals surface area contributed by atoms with Crippen molar-refractivity contribution in [1.29, 1.82) is 0 Å². The lowest BCUT2D eigenvalue weighted by Crippen LogP contribution is -2.27. The van der Waals surface area contributed by atoms with Crippen molar-refractivity contribution in [3.05, 3.63) is 45.4 Å². The van der Waals surface area contributed by atoms with Gasteiger partial charge in [-0.2, -0.15) is 0 Å². The third-order valence-corrected chi connectivity index (χ3v) is 3.70. The molecule has 21 heavy (non-hydrogen) atoms. The van der Waals surface area contributed by atoms with Crippen molar-refractivity contribution in [2.75, 3.05) is 5.32 Å². The number of carboxylic acid groups (broad SMARTS) is 1. The molecule has 0 saturated heterocycles. The van der Waals surface area contributed by atoms with Gasteiger partial charge in [0, 0.05) is 4.88 Å². The molecule has 0 saturated carbocycles. The van der Waals surface area contributed by atoms with Gasteiger partial charge >= 0.3 is 12.0 Å². The molecule has 3 N–H and O–H groups in total. The molecule has 2 amide bonds. The number of aliphatic carboxylic acids is 1. The van der Waals surface area contributed by atoms with Crippen LogP contribution in [-0.2, 0) is 17.8 Å². The van der Waals surface area contributed by atoms with Gasteiger partial charge in [0.15, 0.2) is 0 Å². The van der Waals surface area contributed by atoms with E-state index in [9.17, 15) is 9.59 Å². The predicted octanol–water partition coefficient (Wildman–Crippen LogP) is 2.75. The number of urea groups is 1. The third kappa shape index (κ3) is 5.05. The summed E-state index contributed by atoms with van der Waals surface area (Å²) in [5.74, 6) is -0.949. The Labute approximate surface area is 129 Å². The Morgan fingerprint density at radius 3 is 2.67 bits per heavy atom. The number of hydrogen-bond acceptors (Lipinski definition) is 4. The Kier molecular flexibility index (Phi) is 5.13. The molecule has 0 aliphatic heterocycles. The van der Waals surface area contributed by atoms with Crippen LogP contribution in [0.2, 0.25) is 4.34 Å². The van der Waals surface area contributed by atoms with E-state index in [1.165, 1.54) is 17.5 Å². The molecule has 0 aliphatic rings. The highest BCUT2D eigenvalue weighted by molar-refractivity contribution is 7.16. The number of nitrogens with one attached hydrogen (secondary N) is 2. The molecule has 0 spiro atoms. The zero-order valence-electron chi connectivity index (χ0n) is 10.8. The van der Waals surface area contributed by atoms with E-state index >= 15 is 0 Å². The smallest absolute Gasteiger partial charge is 0.319 e. The van der Waals surface area contributed by atoms with E-state index < -0.39 is 5.97 Å². The minimum Gasteiger partial charge on any atom is -0.481 e. The van der Waals surface area contributed by atoms with Crippen LogP contribution >= 0.6 is 22.9 Å². The van der Waals surface area contributed by atoms with Crippen LogP contribution in [0.4, 0.5) is 10.5 Å². The number of hydrogen-bond donors (Lipinski definition) is 3. The molecule has 0 aromatic carbocycles. The number of halogens is 1. The van der Waals surface area contributed by atoms with Crippen molar-refractivity contribution in [3.8, 4) is 0 Å². The Morgan fingerprint density at radius 2 is 2.10 bits per heavy atom. The molecule has 0 radical (unpaired) electrons. The number of thiophene rings is 1. The van der Waals surface area contributed by atoms with E-state index in [2.05, 4.69) is 15.6 Å². The molecule has 2 aromatic rings. The van der Waals surface area contributed by atoms with Crippen LogP contribution in [0.1, 0.15) is 10.6 Å². The zero-order chi connectivity index (χ0) is 15.2. The Morgan fingerprint density at radius 1 is 1.29 bits per heavy atom. The summed E-state index contributed by atoms with van der Waals surface area (Å²) in [5, 5.41) is 13.9. The summed E-state index contributed by atoms with van der Waals surface area (Å²) in [6.45, 7) is 0.383. The van der Waals surface area contributed by atoms with Gasteiger partial charge < -0.3 is 15.7 Å². The van der Waals surface area contributed by atoms with Crippen LogP contribution in [0.25, 0.3) is 0 Å². The van der Waals surface area contributed by atoms with Crippen LogP contribution in [0.15, 0.2) is 30.5 Å². The van der Waals surface area contributed by atoms with Crippen LogP contribution in [0.3, 0.4) is 0 Å². The monoisotopic (exact) mass is 325 g/mol.